The number of phenolic OH excluding ortho intramolecular Hbond substituents is 1. The molecular weight excluding hydrogens is 446 g/mol. The molecule has 0 radical (unpaired) electrons. The highest BCUT2D eigenvalue weighted by Gasteiger charge is 2.62. The van der Waals surface area contributed by atoms with Crippen molar-refractivity contribution in [2.24, 2.45) is 16.7 Å². The van der Waals surface area contributed by atoms with Crippen LogP contribution in [-0.2, 0) is 6.42 Å². The standard InChI is InChI=1S/C32H43NO3/c1-31-15-14-23-20-24(34)8-11-26(23)30(31)27(21-32(2)28(31)12-13-29(32)35)22-6-9-25(10-7-22)36-19-18-33-16-4-3-5-17-33/h6-11,20,27-30,34-35H,3-5,12-19,21H2,1-2H3/t27-,28+,29+,30+,31+,32+/m1/s1. The number of likely N-dealkylation sites (tertiary alicyclic amines) is 1. The number of hydrogen-bond donors (Lipinski definition) is 2. The topological polar surface area (TPSA) is 52.9 Å². The fourth-order valence-electron chi connectivity index (χ4n) is 8.86. The van der Waals surface area contributed by atoms with Crippen molar-refractivity contribution in [3.8, 4) is 11.5 Å². The van der Waals surface area contributed by atoms with Crippen molar-refractivity contribution in [1.82, 2.24) is 4.90 Å². The Bertz CT molecular complexity index is 1080. The Labute approximate surface area is 216 Å². The summed E-state index contributed by atoms with van der Waals surface area (Å²) in [4.78, 5) is 2.52. The van der Waals surface area contributed by atoms with Crippen molar-refractivity contribution >= 4 is 0 Å². The van der Waals surface area contributed by atoms with Crippen LogP contribution in [0.4, 0.5) is 0 Å². The Kier molecular flexibility index (Phi) is 6.32. The largest absolute Gasteiger partial charge is 0.508 e. The minimum Gasteiger partial charge on any atom is -0.508 e. The summed E-state index contributed by atoms with van der Waals surface area (Å²) >= 11 is 0. The molecule has 194 valence electrons. The lowest BCUT2D eigenvalue weighted by atomic mass is 9.44. The maximum Gasteiger partial charge on any atom is 0.119 e. The molecule has 2 aromatic rings. The number of aryl methyl sites for hydroxylation is 1. The van der Waals surface area contributed by atoms with Crippen LogP contribution < -0.4 is 4.74 Å². The zero-order valence-electron chi connectivity index (χ0n) is 22.1. The molecule has 4 heteroatoms. The highest BCUT2D eigenvalue weighted by atomic mass is 16.5. The van der Waals surface area contributed by atoms with E-state index in [9.17, 15) is 10.2 Å². The molecule has 36 heavy (non-hydrogen) atoms. The lowest BCUT2D eigenvalue weighted by Gasteiger charge is -2.60. The first-order chi connectivity index (χ1) is 17.4. The van der Waals surface area contributed by atoms with Gasteiger partial charge in [-0.15, -0.1) is 0 Å². The first-order valence-corrected chi connectivity index (χ1v) is 14.3. The molecule has 2 N–H and O–H groups in total. The molecule has 0 spiro atoms. The monoisotopic (exact) mass is 489 g/mol. The first kappa shape index (κ1) is 24.3. The number of fused-ring (bicyclic) bond motifs is 5. The van der Waals surface area contributed by atoms with Gasteiger partial charge in [0, 0.05) is 6.54 Å². The molecule has 4 nitrogen and oxygen atoms in total. The molecule has 0 aromatic heterocycles. The second kappa shape index (κ2) is 9.36. The molecule has 3 fully saturated rings. The van der Waals surface area contributed by atoms with Crippen LogP contribution in [0, 0.1) is 16.7 Å². The molecule has 0 bridgehead atoms. The summed E-state index contributed by atoms with van der Waals surface area (Å²) in [6.07, 6.45) is 8.95. The number of ether oxygens (including phenoxy) is 1. The number of phenols is 1. The van der Waals surface area contributed by atoms with E-state index in [1.54, 1.807) is 0 Å². The number of nitrogens with zero attached hydrogens (tertiary/aromatic N) is 1. The average molecular weight is 490 g/mol. The van der Waals surface area contributed by atoms with Gasteiger partial charge in [-0.3, -0.25) is 4.90 Å². The van der Waals surface area contributed by atoms with Crippen LogP contribution in [-0.4, -0.2) is 47.5 Å². The Hall–Kier alpha value is -2.04. The van der Waals surface area contributed by atoms with Gasteiger partial charge < -0.3 is 14.9 Å². The van der Waals surface area contributed by atoms with Gasteiger partial charge in [0.1, 0.15) is 18.1 Å². The molecule has 0 amide bonds. The van der Waals surface area contributed by atoms with Gasteiger partial charge in [-0.1, -0.05) is 38.5 Å². The smallest absolute Gasteiger partial charge is 0.119 e. The SMILES string of the molecule is C[C@]12C[C@H](c3ccc(OCCN4CCCCC4)cc3)[C@@H]3c4ccc(O)cc4CC[C@@]3(C)[C@@H]1CC[C@@H]2O. The fourth-order valence-corrected chi connectivity index (χ4v) is 8.86. The molecule has 1 heterocycles. The van der Waals surface area contributed by atoms with E-state index >= 15 is 0 Å². The van der Waals surface area contributed by atoms with E-state index in [4.69, 9.17) is 4.74 Å². The lowest BCUT2D eigenvalue weighted by molar-refractivity contribution is -0.0768. The third kappa shape index (κ3) is 4.05. The number of benzene rings is 2. The van der Waals surface area contributed by atoms with Crippen molar-refractivity contribution in [2.75, 3.05) is 26.2 Å². The molecule has 1 saturated heterocycles. The van der Waals surface area contributed by atoms with Gasteiger partial charge in [0.15, 0.2) is 0 Å². The van der Waals surface area contributed by atoms with Crippen LogP contribution >= 0.6 is 0 Å². The van der Waals surface area contributed by atoms with E-state index in [1.165, 1.54) is 49.0 Å². The second-order valence-electron chi connectivity index (χ2n) is 12.6. The molecule has 6 rings (SSSR count). The lowest BCUT2D eigenvalue weighted by Crippen LogP contribution is -2.52. The van der Waals surface area contributed by atoms with E-state index in [2.05, 4.69) is 49.1 Å². The summed E-state index contributed by atoms with van der Waals surface area (Å²) in [7, 11) is 0. The molecule has 4 aliphatic rings. The second-order valence-corrected chi connectivity index (χ2v) is 12.6. The highest BCUT2D eigenvalue weighted by Crippen LogP contribution is 2.70. The van der Waals surface area contributed by atoms with Crippen LogP contribution in [0.2, 0.25) is 0 Å². The Morgan fingerprint density at radius 1 is 0.972 bits per heavy atom. The van der Waals surface area contributed by atoms with Crippen molar-refractivity contribution in [3.05, 3.63) is 59.2 Å². The van der Waals surface area contributed by atoms with Crippen LogP contribution in [0.1, 0.15) is 87.3 Å². The maximum absolute atomic E-state index is 11.2. The first-order valence-electron chi connectivity index (χ1n) is 14.3. The summed E-state index contributed by atoms with van der Waals surface area (Å²) in [6.45, 7) is 9.01. The Morgan fingerprint density at radius 2 is 1.75 bits per heavy atom. The van der Waals surface area contributed by atoms with E-state index in [1.807, 2.05) is 12.1 Å². The maximum atomic E-state index is 11.2. The van der Waals surface area contributed by atoms with Crippen LogP contribution in [0.5, 0.6) is 11.5 Å². The van der Waals surface area contributed by atoms with Gasteiger partial charge in [0.2, 0.25) is 0 Å². The predicted octanol–water partition coefficient (Wildman–Crippen LogP) is 6.26. The minimum absolute atomic E-state index is 0.0477. The third-order valence-corrected chi connectivity index (χ3v) is 10.7. The number of aliphatic hydroxyl groups excluding tert-OH is 1. The average Bonchev–Trinajstić information content (AvgIpc) is 3.19. The zero-order chi connectivity index (χ0) is 24.9. The molecule has 2 aromatic carbocycles. The van der Waals surface area contributed by atoms with E-state index in [0.717, 1.165) is 51.0 Å². The summed E-state index contributed by atoms with van der Waals surface area (Å²) in [6, 6.07) is 14.9. The number of rotatable bonds is 5. The third-order valence-electron chi connectivity index (χ3n) is 10.7. The van der Waals surface area contributed by atoms with Crippen molar-refractivity contribution in [3.63, 3.8) is 0 Å². The molecule has 2 saturated carbocycles. The van der Waals surface area contributed by atoms with Gasteiger partial charge in [-0.25, -0.2) is 0 Å². The number of aromatic hydroxyl groups is 1. The number of hydrogen-bond acceptors (Lipinski definition) is 4. The Morgan fingerprint density at radius 3 is 2.53 bits per heavy atom. The predicted molar refractivity (Wildman–Crippen MR) is 144 cm³/mol. The van der Waals surface area contributed by atoms with Crippen LogP contribution in [0.3, 0.4) is 0 Å². The molecular formula is C32H43NO3. The minimum atomic E-state index is -0.221. The quantitative estimate of drug-likeness (QED) is 0.521. The van der Waals surface area contributed by atoms with E-state index in [0.29, 0.717) is 23.5 Å². The number of aliphatic hydroxyl groups is 1. The normalized spacial score (nSPS) is 36.1. The van der Waals surface area contributed by atoms with Crippen LogP contribution in [0.15, 0.2) is 42.5 Å². The molecule has 0 unspecified atom stereocenters. The van der Waals surface area contributed by atoms with E-state index in [-0.39, 0.29) is 16.9 Å². The summed E-state index contributed by atoms with van der Waals surface area (Å²) < 4.78 is 6.14. The highest BCUT2D eigenvalue weighted by molar-refractivity contribution is 5.45. The summed E-state index contributed by atoms with van der Waals surface area (Å²) in [5.41, 5.74) is 4.17. The van der Waals surface area contributed by atoms with Crippen molar-refractivity contribution in [2.45, 2.75) is 83.2 Å². The van der Waals surface area contributed by atoms with Gasteiger partial charge in [0.25, 0.3) is 0 Å². The van der Waals surface area contributed by atoms with E-state index < -0.39 is 0 Å². The summed E-state index contributed by atoms with van der Waals surface area (Å²) in [5.74, 6) is 2.59. The van der Waals surface area contributed by atoms with Crippen molar-refractivity contribution < 1.29 is 14.9 Å². The van der Waals surface area contributed by atoms with Gasteiger partial charge in [0.05, 0.1) is 6.10 Å². The Balaban J connectivity index is 1.28. The molecule has 1 aliphatic heterocycles. The van der Waals surface area contributed by atoms with Crippen molar-refractivity contribution in [1.29, 1.82) is 0 Å². The molecule has 6 atom stereocenters. The van der Waals surface area contributed by atoms with Gasteiger partial charge in [-0.05, 0) is 128 Å². The number of piperidine rings is 1. The molecule has 3 aliphatic carbocycles. The van der Waals surface area contributed by atoms with Crippen LogP contribution in [0.25, 0.3) is 0 Å². The summed E-state index contributed by atoms with van der Waals surface area (Å²) in [5, 5.41) is 21.4. The zero-order valence-corrected chi connectivity index (χ0v) is 22.1. The van der Waals surface area contributed by atoms with Gasteiger partial charge >= 0.3 is 0 Å². The van der Waals surface area contributed by atoms with Gasteiger partial charge in [-0.2, -0.15) is 0 Å². The fraction of sp³-hybridized carbons (Fsp3) is 0.625.